The number of allylic oxidation sites excluding steroid dienone is 4. The topological polar surface area (TPSA) is 9.86 Å². The maximum absolute atomic E-state index is 2.49. The lowest BCUT2D eigenvalue weighted by Gasteiger charge is -2.14. The lowest BCUT2D eigenvalue weighted by molar-refractivity contribution is 1.05. The van der Waals surface area contributed by atoms with Crippen molar-refractivity contribution in [3.63, 3.8) is 0 Å². The highest BCUT2D eigenvalue weighted by atomic mass is 32.1. The van der Waals surface area contributed by atoms with Crippen molar-refractivity contribution in [3.8, 4) is 33.6 Å². The van der Waals surface area contributed by atoms with Crippen LogP contribution in [0.4, 0.5) is 0 Å². The molecule has 3 heteroatoms. The Morgan fingerprint density at radius 2 is 1.09 bits per heavy atom. The normalized spacial score (nSPS) is 13.2. The van der Waals surface area contributed by atoms with Gasteiger partial charge in [0, 0.05) is 64.2 Å². The predicted octanol–water partition coefficient (Wildman–Crippen LogP) is 15.3. The van der Waals surface area contributed by atoms with E-state index >= 15 is 0 Å². The second-order valence-corrected chi connectivity index (χ2v) is 16.2. The molecule has 0 fully saturated rings. The summed E-state index contributed by atoms with van der Waals surface area (Å²) in [5.74, 6) is 0. The molecule has 1 aliphatic rings. The molecule has 2 nitrogen and oxygen atoms in total. The van der Waals surface area contributed by atoms with E-state index in [9.17, 15) is 0 Å². The summed E-state index contributed by atoms with van der Waals surface area (Å²) in [5.41, 5.74) is 14.9. The molecule has 0 unspecified atom stereocenters. The first kappa shape index (κ1) is 32.3. The predicted molar refractivity (Wildman–Crippen MR) is 245 cm³/mol. The van der Waals surface area contributed by atoms with Gasteiger partial charge in [-0.15, -0.1) is 11.3 Å². The summed E-state index contributed by atoms with van der Waals surface area (Å²) < 4.78 is 7.57. The Labute approximate surface area is 334 Å². The summed E-state index contributed by atoms with van der Waals surface area (Å²) in [6.45, 7) is 0. The lowest BCUT2D eigenvalue weighted by Crippen LogP contribution is -1.96. The molecule has 8 aromatic carbocycles. The van der Waals surface area contributed by atoms with Crippen molar-refractivity contribution in [1.82, 2.24) is 9.13 Å². The molecule has 0 bridgehead atoms. The molecule has 12 rings (SSSR count). The van der Waals surface area contributed by atoms with Crippen molar-refractivity contribution in [2.24, 2.45) is 0 Å². The third-order valence-corrected chi connectivity index (χ3v) is 13.2. The average Bonchev–Trinajstić information content (AvgIpc) is 3.94. The number of fused-ring (bicyclic) bond motifs is 9. The van der Waals surface area contributed by atoms with Crippen LogP contribution in [-0.4, -0.2) is 9.13 Å². The third-order valence-electron chi connectivity index (χ3n) is 12.0. The van der Waals surface area contributed by atoms with E-state index in [-0.39, 0.29) is 0 Å². The number of rotatable bonds is 5. The molecule has 0 amide bonds. The van der Waals surface area contributed by atoms with Crippen LogP contribution in [0.2, 0.25) is 0 Å². The highest BCUT2D eigenvalue weighted by molar-refractivity contribution is 7.26. The molecule has 0 N–H and O–H groups in total. The van der Waals surface area contributed by atoms with Gasteiger partial charge in [-0.1, -0.05) is 140 Å². The van der Waals surface area contributed by atoms with E-state index in [1.165, 1.54) is 109 Å². The average molecular weight is 745 g/mol. The number of benzene rings is 8. The molecule has 11 aromatic rings. The molecule has 0 spiro atoms. The van der Waals surface area contributed by atoms with Crippen LogP contribution in [0, 0.1) is 0 Å². The van der Waals surface area contributed by atoms with Crippen molar-refractivity contribution in [3.05, 3.63) is 200 Å². The van der Waals surface area contributed by atoms with Crippen LogP contribution in [0.15, 0.2) is 194 Å². The van der Waals surface area contributed by atoms with E-state index in [0.717, 1.165) is 12.8 Å². The molecule has 1 aliphatic carbocycles. The molecule has 0 saturated heterocycles. The third kappa shape index (κ3) is 5.02. The highest BCUT2D eigenvalue weighted by Crippen LogP contribution is 2.45. The number of nitrogens with zero attached hydrogens (tertiary/aromatic N) is 2. The van der Waals surface area contributed by atoms with E-state index < -0.39 is 0 Å². The zero-order valence-corrected chi connectivity index (χ0v) is 32.0. The van der Waals surface area contributed by atoms with Crippen molar-refractivity contribution in [1.29, 1.82) is 0 Å². The van der Waals surface area contributed by atoms with Gasteiger partial charge < -0.3 is 9.13 Å². The van der Waals surface area contributed by atoms with E-state index in [1.807, 2.05) is 11.3 Å². The van der Waals surface area contributed by atoms with Gasteiger partial charge in [0.15, 0.2) is 0 Å². The molecule has 3 heterocycles. The molecule has 3 aromatic heterocycles. The van der Waals surface area contributed by atoms with E-state index in [0.29, 0.717) is 0 Å². The summed E-state index contributed by atoms with van der Waals surface area (Å²) in [4.78, 5) is 0. The van der Waals surface area contributed by atoms with Gasteiger partial charge in [-0.3, -0.25) is 0 Å². The molecule has 268 valence electrons. The van der Waals surface area contributed by atoms with Crippen LogP contribution in [0.25, 0.3) is 103 Å². The largest absolute Gasteiger partial charge is 0.309 e. The SMILES string of the molecule is C1=CCCC(c2ccc(-c3cc(-n4c5ccccc5c5cc(-c6cccc7c8ccccc8n(-c8ccccc8)c67)ccc54)cc4c3sc3ccccc34)cc2)=C1. The molecule has 57 heavy (non-hydrogen) atoms. The first-order valence-electron chi connectivity index (χ1n) is 19.8. The smallest absolute Gasteiger partial charge is 0.0619 e. The number of para-hydroxylation sites is 4. The zero-order chi connectivity index (χ0) is 37.5. The minimum atomic E-state index is 1.09. The van der Waals surface area contributed by atoms with Crippen LogP contribution in [0.3, 0.4) is 0 Å². The van der Waals surface area contributed by atoms with E-state index in [2.05, 4.69) is 203 Å². The Balaban J connectivity index is 1.09. The van der Waals surface area contributed by atoms with Gasteiger partial charge in [0.25, 0.3) is 0 Å². The van der Waals surface area contributed by atoms with E-state index in [1.54, 1.807) is 0 Å². The summed E-state index contributed by atoms with van der Waals surface area (Å²) in [7, 11) is 0. The van der Waals surface area contributed by atoms with Gasteiger partial charge in [-0.2, -0.15) is 0 Å². The first-order valence-corrected chi connectivity index (χ1v) is 20.6. The number of thiophene rings is 1. The fraction of sp³-hybridized carbons (Fsp3) is 0.0370. The molecule has 0 aliphatic heterocycles. The van der Waals surface area contributed by atoms with Crippen molar-refractivity contribution < 1.29 is 0 Å². The first-order chi connectivity index (χ1) is 28.3. The molecular weight excluding hydrogens is 709 g/mol. The Hall–Kier alpha value is -6.94. The Morgan fingerprint density at radius 3 is 1.89 bits per heavy atom. The van der Waals surface area contributed by atoms with Gasteiger partial charge in [-0.25, -0.2) is 0 Å². The maximum Gasteiger partial charge on any atom is 0.0619 e. The van der Waals surface area contributed by atoms with Crippen LogP contribution < -0.4 is 0 Å². The van der Waals surface area contributed by atoms with Crippen molar-refractivity contribution in [2.75, 3.05) is 0 Å². The second-order valence-electron chi connectivity index (χ2n) is 15.2. The number of aromatic nitrogens is 2. The van der Waals surface area contributed by atoms with Gasteiger partial charge >= 0.3 is 0 Å². The van der Waals surface area contributed by atoms with Crippen LogP contribution in [0.5, 0.6) is 0 Å². The second kappa shape index (κ2) is 12.8. The highest BCUT2D eigenvalue weighted by Gasteiger charge is 2.20. The standard InChI is InChI=1S/C54H36N2S/c1-3-14-35(15-4-1)36-26-28-37(29-27-36)46-33-40(34-48-44-20-9-12-25-52(44)57-54(46)48)55-49-23-10-8-19-43(49)47-32-38(30-31-51(47)55)41-21-13-22-45-42-18-7-11-24-50(42)56(53(41)45)39-16-5-2-6-17-39/h1-3,5-14,16-34H,4,15H2. The molecule has 0 radical (unpaired) electrons. The monoisotopic (exact) mass is 744 g/mol. The Kier molecular flexibility index (Phi) is 7.26. The summed E-state index contributed by atoms with van der Waals surface area (Å²) >= 11 is 1.90. The lowest BCUT2D eigenvalue weighted by atomic mass is 9.94. The molecule has 0 atom stereocenters. The van der Waals surface area contributed by atoms with Gasteiger partial charge in [-0.05, 0) is 89.7 Å². The molecular formula is C54H36N2S. The maximum atomic E-state index is 2.49. The number of hydrogen-bond donors (Lipinski definition) is 0. The minimum Gasteiger partial charge on any atom is -0.309 e. The van der Waals surface area contributed by atoms with Crippen LogP contribution in [-0.2, 0) is 0 Å². The number of hydrogen-bond acceptors (Lipinski definition) is 1. The summed E-state index contributed by atoms with van der Waals surface area (Å²) in [5, 5.41) is 7.63. The van der Waals surface area contributed by atoms with Crippen LogP contribution >= 0.6 is 11.3 Å². The fourth-order valence-corrected chi connectivity index (χ4v) is 10.6. The quantitative estimate of drug-likeness (QED) is 0.166. The van der Waals surface area contributed by atoms with Crippen molar-refractivity contribution in [2.45, 2.75) is 12.8 Å². The summed E-state index contributed by atoms with van der Waals surface area (Å²) in [6, 6.07) is 65.3. The van der Waals surface area contributed by atoms with Gasteiger partial charge in [0.1, 0.15) is 0 Å². The van der Waals surface area contributed by atoms with Crippen molar-refractivity contribution >= 4 is 80.7 Å². The van der Waals surface area contributed by atoms with Gasteiger partial charge in [0.05, 0.1) is 22.1 Å². The zero-order valence-electron chi connectivity index (χ0n) is 31.2. The van der Waals surface area contributed by atoms with Gasteiger partial charge in [0.2, 0.25) is 0 Å². The molecule has 0 saturated carbocycles. The fourth-order valence-electron chi connectivity index (χ4n) is 9.38. The minimum absolute atomic E-state index is 1.09. The Bertz CT molecular complexity index is 3440. The van der Waals surface area contributed by atoms with E-state index in [4.69, 9.17) is 0 Å². The summed E-state index contributed by atoms with van der Waals surface area (Å²) in [6.07, 6.45) is 8.90. The van der Waals surface area contributed by atoms with Crippen LogP contribution in [0.1, 0.15) is 18.4 Å². The Morgan fingerprint density at radius 1 is 0.421 bits per heavy atom.